The van der Waals surface area contributed by atoms with Crippen molar-refractivity contribution in [2.75, 3.05) is 33.5 Å². The summed E-state index contributed by atoms with van der Waals surface area (Å²) in [7, 11) is 1.08. The summed E-state index contributed by atoms with van der Waals surface area (Å²) in [6, 6.07) is 1.63. The molecule has 0 aliphatic carbocycles. The second-order valence-corrected chi connectivity index (χ2v) is 7.67. The van der Waals surface area contributed by atoms with Crippen LogP contribution in [0.1, 0.15) is 38.2 Å². The van der Waals surface area contributed by atoms with Crippen LogP contribution in [-0.2, 0) is 18.8 Å². The molecule has 0 unspecified atom stereocenters. The van der Waals surface area contributed by atoms with E-state index in [2.05, 4.69) is 15.4 Å². The number of methoxy groups -OCH3 is 1. The molecule has 0 radical (unpaired) electrons. The van der Waals surface area contributed by atoms with Gasteiger partial charge in [-0.05, 0) is 27.7 Å². The van der Waals surface area contributed by atoms with Gasteiger partial charge in [-0.2, -0.15) is 5.10 Å². The summed E-state index contributed by atoms with van der Waals surface area (Å²) >= 11 is 0. The summed E-state index contributed by atoms with van der Waals surface area (Å²) in [6.07, 6.45) is 3.46. The Bertz CT molecular complexity index is 822. The summed E-state index contributed by atoms with van der Waals surface area (Å²) in [4.78, 5) is 16.6. The molecule has 0 bridgehead atoms. The first-order valence-corrected chi connectivity index (χ1v) is 9.29. The molecule has 0 saturated carbocycles. The fourth-order valence-corrected chi connectivity index (χ4v) is 2.67. The van der Waals surface area contributed by atoms with E-state index in [4.69, 9.17) is 18.8 Å². The Labute approximate surface area is 164 Å². The van der Waals surface area contributed by atoms with Gasteiger partial charge in [-0.25, -0.2) is 9.50 Å². The normalized spacial score (nSPS) is 18.0. The van der Waals surface area contributed by atoms with E-state index >= 15 is 0 Å². The van der Waals surface area contributed by atoms with Crippen molar-refractivity contribution in [2.24, 2.45) is 0 Å². The molecule has 1 N–H and O–H groups in total. The predicted octanol–water partition coefficient (Wildman–Crippen LogP) is 0.421. The molecule has 3 rings (SSSR count). The van der Waals surface area contributed by atoms with Gasteiger partial charge >= 0.3 is 7.12 Å². The molecule has 1 fully saturated rings. The van der Waals surface area contributed by atoms with Gasteiger partial charge in [0.05, 0.1) is 31.0 Å². The van der Waals surface area contributed by atoms with E-state index < -0.39 is 18.3 Å². The zero-order chi connectivity index (χ0) is 20.4. The highest BCUT2D eigenvalue weighted by Crippen LogP contribution is 2.36. The third-order valence-corrected chi connectivity index (χ3v) is 5.06. The van der Waals surface area contributed by atoms with Crippen LogP contribution in [0.2, 0.25) is 0 Å². The van der Waals surface area contributed by atoms with E-state index in [1.165, 1.54) is 0 Å². The number of rotatable bonds is 8. The Morgan fingerprint density at radius 1 is 1.21 bits per heavy atom. The maximum Gasteiger partial charge on any atom is 0.498 e. The molecule has 2 aromatic heterocycles. The minimum Gasteiger partial charge on any atom is -0.399 e. The molecule has 152 valence electrons. The lowest BCUT2D eigenvalue weighted by molar-refractivity contribution is 0.00578. The van der Waals surface area contributed by atoms with Crippen molar-refractivity contribution in [1.82, 2.24) is 19.9 Å². The van der Waals surface area contributed by atoms with Crippen LogP contribution in [0.15, 0.2) is 18.5 Å². The maximum absolute atomic E-state index is 12.3. The second kappa shape index (κ2) is 8.16. The van der Waals surface area contributed by atoms with Crippen LogP contribution in [0.5, 0.6) is 0 Å². The molecule has 3 heterocycles. The monoisotopic (exact) mass is 390 g/mol. The highest BCUT2D eigenvalue weighted by atomic mass is 16.7. The highest BCUT2D eigenvalue weighted by Gasteiger charge is 2.52. The molecule has 1 amide bonds. The van der Waals surface area contributed by atoms with E-state index in [9.17, 15) is 4.79 Å². The number of nitrogens with zero attached hydrogens (tertiary/aromatic N) is 3. The van der Waals surface area contributed by atoms with Crippen molar-refractivity contribution in [1.29, 1.82) is 0 Å². The first-order chi connectivity index (χ1) is 13.2. The minimum absolute atomic E-state index is 0.280. The maximum atomic E-state index is 12.3. The predicted molar refractivity (Wildman–Crippen MR) is 104 cm³/mol. The molecule has 1 saturated heterocycles. The number of hydrogen-bond acceptors (Lipinski definition) is 7. The lowest BCUT2D eigenvalue weighted by Crippen LogP contribution is -2.41. The molecule has 1 aliphatic heterocycles. The number of amides is 1. The average molecular weight is 390 g/mol. The first-order valence-electron chi connectivity index (χ1n) is 9.29. The lowest BCUT2D eigenvalue weighted by atomic mass is 9.81. The first kappa shape index (κ1) is 20.7. The van der Waals surface area contributed by atoms with Crippen LogP contribution in [0, 0.1) is 0 Å². The number of hydrogen-bond donors (Lipinski definition) is 1. The van der Waals surface area contributed by atoms with Crippen molar-refractivity contribution in [3.8, 4) is 0 Å². The minimum atomic E-state index is -0.535. The van der Waals surface area contributed by atoms with Crippen LogP contribution in [0.25, 0.3) is 5.65 Å². The van der Waals surface area contributed by atoms with Crippen molar-refractivity contribution >= 4 is 24.1 Å². The average Bonchev–Trinajstić information content (AvgIpc) is 3.15. The van der Waals surface area contributed by atoms with E-state index in [0.717, 1.165) is 5.46 Å². The summed E-state index contributed by atoms with van der Waals surface area (Å²) in [5.74, 6) is -0.280. The Morgan fingerprint density at radius 2 is 1.93 bits per heavy atom. The van der Waals surface area contributed by atoms with Crippen LogP contribution in [0.4, 0.5) is 0 Å². The number of nitrogens with one attached hydrogen (secondary N) is 1. The number of ether oxygens (including phenoxy) is 2. The zero-order valence-electron chi connectivity index (χ0n) is 17.0. The van der Waals surface area contributed by atoms with Gasteiger partial charge in [0, 0.05) is 37.6 Å². The largest absolute Gasteiger partial charge is 0.498 e. The molecule has 1 aliphatic rings. The van der Waals surface area contributed by atoms with Crippen molar-refractivity contribution < 1.29 is 23.6 Å². The SMILES string of the molecule is COCCOCCNC(=O)c1cc2ncc(B3OC(C)(C)C(C)(C)O3)cn2n1. The van der Waals surface area contributed by atoms with Gasteiger partial charge in [0.2, 0.25) is 0 Å². The topological polar surface area (TPSA) is 96.2 Å². The lowest BCUT2D eigenvalue weighted by Gasteiger charge is -2.32. The van der Waals surface area contributed by atoms with E-state index in [1.54, 1.807) is 30.1 Å². The number of aromatic nitrogens is 3. The molecular formula is C18H27BN4O5. The Kier molecular flexibility index (Phi) is 6.04. The third-order valence-electron chi connectivity index (χ3n) is 5.06. The quantitative estimate of drug-likeness (QED) is 0.516. The Hall–Kier alpha value is -2.01. The molecule has 0 aromatic carbocycles. The van der Waals surface area contributed by atoms with Crippen molar-refractivity contribution in [3.05, 3.63) is 24.2 Å². The fraction of sp³-hybridized carbons (Fsp3) is 0.611. The van der Waals surface area contributed by atoms with E-state index in [0.29, 0.717) is 32.0 Å². The van der Waals surface area contributed by atoms with Gasteiger partial charge in [-0.15, -0.1) is 0 Å². The van der Waals surface area contributed by atoms with E-state index in [-0.39, 0.29) is 11.6 Å². The van der Waals surface area contributed by atoms with Gasteiger partial charge < -0.3 is 24.1 Å². The van der Waals surface area contributed by atoms with Crippen LogP contribution >= 0.6 is 0 Å². The fourth-order valence-electron chi connectivity index (χ4n) is 2.67. The number of carbonyl (C=O) groups excluding carboxylic acids is 1. The zero-order valence-corrected chi connectivity index (χ0v) is 17.0. The molecular weight excluding hydrogens is 363 g/mol. The smallest absolute Gasteiger partial charge is 0.399 e. The molecule has 9 nitrogen and oxygen atoms in total. The number of carbonyl (C=O) groups is 1. The van der Waals surface area contributed by atoms with Gasteiger partial charge in [0.15, 0.2) is 11.3 Å². The van der Waals surface area contributed by atoms with Crippen molar-refractivity contribution in [3.63, 3.8) is 0 Å². The van der Waals surface area contributed by atoms with Gasteiger partial charge in [-0.3, -0.25) is 4.79 Å². The van der Waals surface area contributed by atoms with Crippen LogP contribution in [-0.4, -0.2) is 72.3 Å². The summed E-state index contributed by atoms with van der Waals surface area (Å²) in [6.45, 7) is 9.80. The summed E-state index contributed by atoms with van der Waals surface area (Å²) < 4.78 is 23.9. The van der Waals surface area contributed by atoms with Gasteiger partial charge in [-0.1, -0.05) is 0 Å². The second-order valence-electron chi connectivity index (χ2n) is 7.67. The standard InChI is InChI=1S/C18H27BN4O5/c1-17(2)18(3,4)28-19(27-17)13-11-21-15-10-14(22-23(15)12-13)16(24)20-6-7-26-9-8-25-5/h10-12H,6-9H2,1-5H3,(H,20,24). The highest BCUT2D eigenvalue weighted by molar-refractivity contribution is 6.61. The molecule has 2 aromatic rings. The Balaban J connectivity index is 1.64. The molecule has 0 atom stereocenters. The van der Waals surface area contributed by atoms with Gasteiger partial charge in [0.1, 0.15) is 0 Å². The third kappa shape index (κ3) is 4.35. The molecule has 10 heteroatoms. The Morgan fingerprint density at radius 3 is 2.61 bits per heavy atom. The van der Waals surface area contributed by atoms with Crippen LogP contribution < -0.4 is 10.8 Å². The van der Waals surface area contributed by atoms with Crippen LogP contribution in [0.3, 0.4) is 0 Å². The van der Waals surface area contributed by atoms with Crippen molar-refractivity contribution in [2.45, 2.75) is 38.9 Å². The van der Waals surface area contributed by atoms with E-state index in [1.807, 2.05) is 27.7 Å². The van der Waals surface area contributed by atoms with Gasteiger partial charge in [0.25, 0.3) is 5.91 Å². The number of fused-ring (bicyclic) bond motifs is 1. The summed E-state index contributed by atoms with van der Waals surface area (Å²) in [5.41, 5.74) is 0.727. The molecule has 0 spiro atoms. The summed E-state index contributed by atoms with van der Waals surface area (Å²) in [5, 5.41) is 7.09. The molecule has 28 heavy (non-hydrogen) atoms.